The monoisotopic (exact) mass is 315 g/mol. The minimum Gasteiger partial charge on any atom is -0.382 e. The van der Waals surface area contributed by atoms with Gasteiger partial charge in [0.05, 0.1) is 0 Å². The number of aliphatic imine (C=N–C) groups is 1. The minimum atomic E-state index is 0.401. The summed E-state index contributed by atoms with van der Waals surface area (Å²) in [4.78, 5) is 4.34. The fraction of sp³-hybridized carbons (Fsp3) is 0.938. The van der Waals surface area contributed by atoms with E-state index in [9.17, 15) is 0 Å². The van der Waals surface area contributed by atoms with E-state index >= 15 is 0 Å². The van der Waals surface area contributed by atoms with Crippen LogP contribution in [0.15, 0.2) is 4.99 Å². The van der Waals surface area contributed by atoms with E-state index in [1.807, 2.05) is 18.8 Å². The highest BCUT2D eigenvalue weighted by atomic mass is 32.2. The first-order valence-corrected chi connectivity index (χ1v) is 9.49. The SMILES string of the molecule is CCOCCC1(CNC(=NC)NCC(C)SC)CCCC1. The molecule has 2 N–H and O–H groups in total. The van der Waals surface area contributed by atoms with Crippen molar-refractivity contribution >= 4 is 17.7 Å². The zero-order valence-corrected chi connectivity index (χ0v) is 15.0. The lowest BCUT2D eigenvalue weighted by Crippen LogP contribution is -2.44. The number of nitrogens with zero attached hydrogens (tertiary/aromatic N) is 1. The number of ether oxygens (including phenoxy) is 1. The van der Waals surface area contributed by atoms with Gasteiger partial charge in [-0.2, -0.15) is 11.8 Å². The molecule has 0 aromatic rings. The molecule has 0 bridgehead atoms. The Hall–Kier alpha value is -0.420. The lowest BCUT2D eigenvalue weighted by Gasteiger charge is -2.30. The van der Waals surface area contributed by atoms with E-state index in [4.69, 9.17) is 4.74 Å². The molecule has 0 aromatic heterocycles. The van der Waals surface area contributed by atoms with Gasteiger partial charge in [-0.05, 0) is 37.9 Å². The predicted octanol–water partition coefficient (Wildman–Crippen LogP) is 2.89. The predicted molar refractivity (Wildman–Crippen MR) is 94.4 cm³/mol. The molecule has 0 spiro atoms. The van der Waals surface area contributed by atoms with Crippen LogP contribution in [0.4, 0.5) is 0 Å². The summed E-state index contributed by atoms with van der Waals surface area (Å²) in [5, 5.41) is 7.55. The largest absolute Gasteiger partial charge is 0.382 e. The van der Waals surface area contributed by atoms with Gasteiger partial charge in [-0.25, -0.2) is 0 Å². The molecule has 1 fully saturated rings. The van der Waals surface area contributed by atoms with E-state index in [0.29, 0.717) is 10.7 Å². The normalized spacial score (nSPS) is 19.5. The Bertz CT molecular complexity index is 304. The average molecular weight is 316 g/mol. The maximum atomic E-state index is 5.57. The van der Waals surface area contributed by atoms with Gasteiger partial charge >= 0.3 is 0 Å². The van der Waals surface area contributed by atoms with Crippen LogP contribution in [0.5, 0.6) is 0 Å². The van der Waals surface area contributed by atoms with Crippen LogP contribution in [0.2, 0.25) is 0 Å². The van der Waals surface area contributed by atoms with E-state index in [2.05, 4.69) is 35.7 Å². The molecule has 1 aliphatic carbocycles. The van der Waals surface area contributed by atoms with Crippen LogP contribution in [0.25, 0.3) is 0 Å². The van der Waals surface area contributed by atoms with Crippen LogP contribution in [-0.4, -0.2) is 50.8 Å². The maximum absolute atomic E-state index is 5.57. The molecule has 1 aliphatic rings. The molecule has 0 radical (unpaired) electrons. The van der Waals surface area contributed by atoms with Crippen molar-refractivity contribution in [3.63, 3.8) is 0 Å². The van der Waals surface area contributed by atoms with Gasteiger partial charge in [0.1, 0.15) is 0 Å². The molecule has 0 aromatic carbocycles. The Kier molecular flexibility index (Phi) is 9.16. The average Bonchev–Trinajstić information content (AvgIpc) is 2.96. The van der Waals surface area contributed by atoms with Gasteiger partial charge in [0.2, 0.25) is 0 Å². The van der Waals surface area contributed by atoms with Crippen LogP contribution in [-0.2, 0) is 4.74 Å². The van der Waals surface area contributed by atoms with Crippen LogP contribution in [0.1, 0.15) is 46.0 Å². The molecule has 0 aliphatic heterocycles. The summed E-state index contributed by atoms with van der Waals surface area (Å²) in [5.74, 6) is 0.929. The van der Waals surface area contributed by atoms with Crippen molar-refractivity contribution in [2.75, 3.05) is 39.6 Å². The molecule has 0 amide bonds. The van der Waals surface area contributed by atoms with E-state index in [-0.39, 0.29) is 0 Å². The summed E-state index contributed by atoms with van der Waals surface area (Å²) in [6.07, 6.45) is 8.62. The molecule has 1 atom stereocenters. The molecule has 5 heteroatoms. The van der Waals surface area contributed by atoms with Crippen LogP contribution in [0.3, 0.4) is 0 Å². The number of hydrogen-bond acceptors (Lipinski definition) is 3. The summed E-state index contributed by atoms with van der Waals surface area (Å²) in [6, 6.07) is 0. The molecule has 4 nitrogen and oxygen atoms in total. The topological polar surface area (TPSA) is 45.6 Å². The van der Waals surface area contributed by atoms with Crippen LogP contribution >= 0.6 is 11.8 Å². The van der Waals surface area contributed by atoms with Crippen molar-refractivity contribution in [2.45, 2.75) is 51.2 Å². The van der Waals surface area contributed by atoms with E-state index in [1.165, 1.54) is 25.7 Å². The molecule has 0 heterocycles. The third-order valence-electron chi connectivity index (χ3n) is 4.46. The van der Waals surface area contributed by atoms with Crippen molar-refractivity contribution in [3.05, 3.63) is 0 Å². The number of thioether (sulfide) groups is 1. The first kappa shape index (κ1) is 18.6. The van der Waals surface area contributed by atoms with Gasteiger partial charge < -0.3 is 15.4 Å². The number of rotatable bonds is 9. The highest BCUT2D eigenvalue weighted by Crippen LogP contribution is 2.40. The molecule has 124 valence electrons. The first-order valence-electron chi connectivity index (χ1n) is 8.21. The second-order valence-electron chi connectivity index (χ2n) is 6.01. The van der Waals surface area contributed by atoms with Gasteiger partial charge in [-0.1, -0.05) is 19.8 Å². The second kappa shape index (κ2) is 10.3. The van der Waals surface area contributed by atoms with Crippen LogP contribution < -0.4 is 10.6 Å². The molecule has 1 rings (SSSR count). The highest BCUT2D eigenvalue weighted by molar-refractivity contribution is 7.99. The van der Waals surface area contributed by atoms with Crippen molar-refractivity contribution in [1.29, 1.82) is 0 Å². The van der Waals surface area contributed by atoms with Gasteiger partial charge in [-0.3, -0.25) is 4.99 Å². The van der Waals surface area contributed by atoms with Gasteiger partial charge in [-0.15, -0.1) is 0 Å². The smallest absolute Gasteiger partial charge is 0.191 e. The molecule has 1 unspecified atom stereocenters. The third-order valence-corrected chi connectivity index (χ3v) is 5.43. The quantitative estimate of drug-likeness (QED) is 0.390. The molecular weight excluding hydrogens is 282 g/mol. The van der Waals surface area contributed by atoms with E-state index < -0.39 is 0 Å². The van der Waals surface area contributed by atoms with E-state index in [0.717, 1.165) is 38.7 Å². The zero-order chi connectivity index (χ0) is 15.6. The number of hydrogen-bond donors (Lipinski definition) is 2. The summed E-state index contributed by atoms with van der Waals surface area (Å²) >= 11 is 1.87. The standard InChI is InChI=1S/C16H33N3OS/c1-5-20-11-10-16(8-6-7-9-16)13-19-15(17-3)18-12-14(2)21-4/h14H,5-13H2,1-4H3,(H2,17,18,19). The maximum Gasteiger partial charge on any atom is 0.191 e. The fourth-order valence-electron chi connectivity index (χ4n) is 2.89. The van der Waals surface area contributed by atoms with Crippen molar-refractivity contribution < 1.29 is 4.74 Å². The third kappa shape index (κ3) is 6.92. The second-order valence-corrected chi connectivity index (χ2v) is 7.28. The fourth-order valence-corrected chi connectivity index (χ4v) is 3.14. The molecule has 21 heavy (non-hydrogen) atoms. The summed E-state index contributed by atoms with van der Waals surface area (Å²) in [7, 11) is 1.85. The zero-order valence-electron chi connectivity index (χ0n) is 14.2. The van der Waals surface area contributed by atoms with Gasteiger partial charge in [0.15, 0.2) is 5.96 Å². The molecular formula is C16H33N3OS. The van der Waals surface area contributed by atoms with E-state index in [1.54, 1.807) is 0 Å². The lowest BCUT2D eigenvalue weighted by molar-refractivity contribution is 0.105. The Balaban J connectivity index is 2.40. The number of nitrogens with one attached hydrogen (secondary N) is 2. The summed E-state index contributed by atoms with van der Waals surface area (Å²) in [6.45, 7) is 7.96. The minimum absolute atomic E-state index is 0.401. The Morgan fingerprint density at radius 3 is 2.62 bits per heavy atom. The Morgan fingerprint density at radius 1 is 1.33 bits per heavy atom. The first-order chi connectivity index (χ1) is 10.2. The number of guanidine groups is 1. The Morgan fingerprint density at radius 2 is 2.05 bits per heavy atom. The highest BCUT2D eigenvalue weighted by Gasteiger charge is 2.33. The van der Waals surface area contributed by atoms with Crippen molar-refractivity contribution in [3.8, 4) is 0 Å². The lowest BCUT2D eigenvalue weighted by atomic mass is 9.83. The van der Waals surface area contributed by atoms with Gasteiger partial charge in [0.25, 0.3) is 0 Å². The molecule has 1 saturated carbocycles. The Labute approximate surface area is 134 Å². The molecule has 0 saturated heterocycles. The summed E-state index contributed by atoms with van der Waals surface area (Å²) in [5.41, 5.74) is 0.401. The van der Waals surface area contributed by atoms with Crippen molar-refractivity contribution in [2.24, 2.45) is 10.4 Å². The summed E-state index contributed by atoms with van der Waals surface area (Å²) < 4.78 is 5.57. The van der Waals surface area contributed by atoms with Gasteiger partial charge in [0, 0.05) is 38.6 Å². The van der Waals surface area contributed by atoms with Crippen LogP contribution in [0, 0.1) is 5.41 Å². The van der Waals surface area contributed by atoms with Crippen molar-refractivity contribution in [1.82, 2.24) is 10.6 Å².